The Labute approximate surface area is 322 Å². The molecule has 2 N–H and O–H groups in total. The first kappa shape index (κ1) is 37.2. The second-order valence-electron chi connectivity index (χ2n) is 13.4. The Balaban J connectivity index is 1.16. The van der Waals surface area contributed by atoms with Crippen LogP contribution in [0.2, 0.25) is 0 Å². The summed E-state index contributed by atoms with van der Waals surface area (Å²) in [5.74, 6) is -7.34. The van der Waals surface area contributed by atoms with E-state index < -0.39 is 47.4 Å². The van der Waals surface area contributed by atoms with Gasteiger partial charge in [-0.15, -0.1) is 0 Å². The van der Waals surface area contributed by atoms with Gasteiger partial charge in [-0.3, -0.25) is 19.2 Å². The van der Waals surface area contributed by atoms with Crippen molar-refractivity contribution in [2.24, 2.45) is 23.7 Å². The van der Waals surface area contributed by atoms with Crippen LogP contribution in [0.5, 0.6) is 23.0 Å². The number of para-hydroxylation sites is 2. The highest BCUT2D eigenvalue weighted by Gasteiger charge is 2.65. The Kier molecular flexibility index (Phi) is 11.3. The van der Waals surface area contributed by atoms with Crippen LogP contribution < -0.4 is 9.47 Å². The monoisotopic (exact) mass is 754 g/mol. The van der Waals surface area contributed by atoms with E-state index in [0.717, 1.165) is 0 Å². The lowest BCUT2D eigenvalue weighted by atomic mass is 9.55. The molecule has 0 saturated heterocycles. The van der Waals surface area contributed by atoms with Gasteiger partial charge in [0.1, 0.15) is 34.5 Å². The molecule has 0 aliphatic heterocycles. The molecule has 1 fully saturated rings. The summed E-state index contributed by atoms with van der Waals surface area (Å²) in [6.45, 7) is -0.0769. The van der Waals surface area contributed by atoms with Crippen LogP contribution in [0.25, 0.3) is 0 Å². The van der Waals surface area contributed by atoms with E-state index in [9.17, 15) is 29.4 Å². The number of hydrogen-bond acceptors (Lipinski definition) is 8. The van der Waals surface area contributed by atoms with Gasteiger partial charge >= 0.3 is 11.9 Å². The number of carbonyl (C=O) groups is 4. The van der Waals surface area contributed by atoms with Crippen LogP contribution in [0, 0.1) is 23.7 Å². The number of ether oxygens (including phenoxy) is 2. The van der Waals surface area contributed by atoms with Gasteiger partial charge in [0.25, 0.3) is 0 Å². The predicted octanol–water partition coefficient (Wildman–Crippen LogP) is 7.86. The number of carbonyl (C=O) groups excluding carboxylic acids is 2. The van der Waals surface area contributed by atoms with Gasteiger partial charge in [-0.2, -0.15) is 0 Å². The molecule has 12 nitrogen and oxygen atoms in total. The van der Waals surface area contributed by atoms with Crippen molar-refractivity contribution in [1.82, 2.24) is 9.80 Å². The number of aliphatic carboxylic acids is 2. The summed E-state index contributed by atoms with van der Waals surface area (Å²) in [6, 6.07) is 39.3. The van der Waals surface area contributed by atoms with Crippen molar-refractivity contribution in [3.63, 3.8) is 0 Å². The normalized spacial score (nSPS) is 17.3. The van der Waals surface area contributed by atoms with Crippen LogP contribution in [-0.2, 0) is 45.4 Å². The highest BCUT2D eigenvalue weighted by atomic mass is 16.5. The van der Waals surface area contributed by atoms with Gasteiger partial charge in [-0.05, 0) is 83.9 Å². The van der Waals surface area contributed by atoms with Crippen molar-refractivity contribution in [1.29, 1.82) is 0 Å². The van der Waals surface area contributed by atoms with Gasteiger partial charge in [-0.1, -0.05) is 60.7 Å². The Morgan fingerprint density at radius 1 is 0.446 bits per heavy atom. The van der Waals surface area contributed by atoms with Gasteiger partial charge in [0.2, 0.25) is 11.8 Å². The molecule has 4 aromatic carbocycles. The molecule has 56 heavy (non-hydrogen) atoms. The molecule has 2 aromatic heterocycles. The molecule has 4 atom stereocenters. The zero-order chi connectivity index (χ0) is 39.0. The minimum atomic E-state index is -1.66. The topological polar surface area (TPSA) is 160 Å². The van der Waals surface area contributed by atoms with E-state index in [1.807, 2.05) is 60.7 Å². The minimum Gasteiger partial charge on any atom is -0.481 e. The van der Waals surface area contributed by atoms with Crippen molar-refractivity contribution in [3.05, 3.63) is 169 Å². The zero-order valence-corrected chi connectivity index (χ0v) is 30.0. The predicted molar refractivity (Wildman–Crippen MR) is 201 cm³/mol. The van der Waals surface area contributed by atoms with Crippen molar-refractivity contribution >= 4 is 23.8 Å². The van der Waals surface area contributed by atoms with Gasteiger partial charge in [0.15, 0.2) is 0 Å². The van der Waals surface area contributed by atoms with Gasteiger partial charge < -0.3 is 38.3 Å². The zero-order valence-electron chi connectivity index (χ0n) is 30.0. The van der Waals surface area contributed by atoms with Crippen LogP contribution >= 0.6 is 0 Å². The first-order valence-corrected chi connectivity index (χ1v) is 17.9. The van der Waals surface area contributed by atoms with E-state index in [-0.39, 0.29) is 26.2 Å². The fraction of sp³-hybridized carbons (Fsp3) is 0.182. The molecule has 6 aromatic rings. The van der Waals surface area contributed by atoms with Crippen LogP contribution in [-0.4, -0.2) is 43.8 Å². The summed E-state index contributed by atoms with van der Waals surface area (Å²) < 4.78 is 22.9. The highest BCUT2D eigenvalue weighted by Crippen LogP contribution is 2.49. The molecule has 1 aliphatic rings. The third kappa shape index (κ3) is 8.65. The first-order valence-electron chi connectivity index (χ1n) is 17.9. The maximum Gasteiger partial charge on any atom is 0.308 e. The maximum atomic E-state index is 14.6. The quantitative estimate of drug-likeness (QED) is 0.0996. The average molecular weight is 755 g/mol. The Hall–Kier alpha value is -7.08. The number of carboxylic acid groups (broad SMARTS) is 2. The number of carboxylic acids is 2. The smallest absolute Gasteiger partial charge is 0.308 e. The molecule has 12 heteroatoms. The van der Waals surface area contributed by atoms with Crippen molar-refractivity contribution < 1.29 is 47.7 Å². The van der Waals surface area contributed by atoms with Crippen molar-refractivity contribution in [2.45, 2.75) is 26.2 Å². The SMILES string of the molecule is O=C(O)C1C(C(=O)O)C(C(=O)N(Cc2ccc(Oc3ccccc3)cc2)Cc2ccco2)C1C(=O)N(Cc1ccc(Oc2ccccc2)cc1)Cc1ccco1. The second-order valence-corrected chi connectivity index (χ2v) is 13.4. The minimum absolute atomic E-state index is 0.0140. The number of benzene rings is 4. The Morgan fingerprint density at radius 2 is 0.804 bits per heavy atom. The van der Waals surface area contributed by atoms with E-state index in [4.69, 9.17) is 18.3 Å². The lowest BCUT2D eigenvalue weighted by Crippen LogP contribution is -2.64. The number of hydrogen-bond donors (Lipinski definition) is 2. The standard InChI is InChI=1S/C44H38N2O10/c47-41(45(27-35-13-7-23-53-35)25-29-15-19-33(20-16-29)55-31-9-3-1-4-10-31)37-38(40(44(51)52)39(37)43(49)50)42(48)46(28-36-14-8-24-54-36)26-30-17-21-34(22-18-30)56-32-11-5-2-6-12-32/h1-24,37-40H,25-28H2,(H,49,50)(H,51,52). The molecule has 2 heterocycles. The third-order valence-corrected chi connectivity index (χ3v) is 9.72. The number of furan rings is 2. The number of rotatable bonds is 16. The number of nitrogens with zero attached hydrogens (tertiary/aromatic N) is 2. The highest BCUT2D eigenvalue weighted by molar-refractivity contribution is 5.99. The molecular weight excluding hydrogens is 716 g/mol. The molecule has 0 spiro atoms. The fourth-order valence-corrected chi connectivity index (χ4v) is 7.02. The molecule has 7 rings (SSSR count). The average Bonchev–Trinajstić information content (AvgIpc) is 3.91. The van der Waals surface area contributed by atoms with E-state index in [1.54, 1.807) is 72.8 Å². The second kappa shape index (κ2) is 16.9. The third-order valence-electron chi connectivity index (χ3n) is 9.72. The molecule has 284 valence electrons. The summed E-state index contributed by atoms with van der Waals surface area (Å²) in [4.78, 5) is 57.5. The fourth-order valence-electron chi connectivity index (χ4n) is 7.02. The van der Waals surface area contributed by atoms with Gasteiger partial charge in [0, 0.05) is 13.1 Å². The summed E-state index contributed by atoms with van der Waals surface area (Å²) >= 11 is 0. The maximum absolute atomic E-state index is 14.6. The van der Waals surface area contributed by atoms with E-state index in [1.165, 1.54) is 22.3 Å². The first-order chi connectivity index (χ1) is 27.2. The van der Waals surface area contributed by atoms with Gasteiger partial charge in [-0.25, -0.2) is 0 Å². The van der Waals surface area contributed by atoms with Crippen molar-refractivity contribution in [3.8, 4) is 23.0 Å². The molecule has 1 saturated carbocycles. The molecule has 0 radical (unpaired) electrons. The summed E-state index contributed by atoms with van der Waals surface area (Å²) in [7, 11) is 0. The Morgan fingerprint density at radius 3 is 1.12 bits per heavy atom. The Bertz CT molecular complexity index is 2060. The summed E-state index contributed by atoms with van der Waals surface area (Å²) in [5.41, 5.74) is 1.38. The summed E-state index contributed by atoms with van der Waals surface area (Å²) in [5, 5.41) is 20.7. The van der Waals surface area contributed by atoms with Gasteiger partial charge in [0.05, 0.1) is 49.3 Å². The van der Waals surface area contributed by atoms with Crippen LogP contribution in [0.3, 0.4) is 0 Å². The van der Waals surface area contributed by atoms with E-state index >= 15 is 0 Å². The lowest BCUT2D eigenvalue weighted by molar-refractivity contribution is -0.188. The molecule has 1 aliphatic carbocycles. The largest absolute Gasteiger partial charge is 0.481 e. The van der Waals surface area contributed by atoms with E-state index in [2.05, 4.69) is 0 Å². The van der Waals surface area contributed by atoms with Crippen LogP contribution in [0.15, 0.2) is 155 Å². The molecule has 2 amide bonds. The summed E-state index contributed by atoms with van der Waals surface area (Å²) in [6.07, 6.45) is 2.91. The number of amides is 2. The van der Waals surface area contributed by atoms with Crippen molar-refractivity contribution in [2.75, 3.05) is 0 Å². The van der Waals surface area contributed by atoms with Crippen LogP contribution in [0.1, 0.15) is 22.6 Å². The van der Waals surface area contributed by atoms with Crippen LogP contribution in [0.4, 0.5) is 0 Å². The molecule has 4 unspecified atom stereocenters. The molecule has 0 bridgehead atoms. The van der Waals surface area contributed by atoms with E-state index in [0.29, 0.717) is 45.6 Å². The molecular formula is C44H38N2O10. The lowest BCUT2D eigenvalue weighted by Gasteiger charge is -2.48.